The van der Waals surface area contributed by atoms with E-state index in [0.29, 0.717) is 0 Å². The fraction of sp³-hybridized carbons (Fsp3) is 0.333. The lowest BCUT2D eigenvalue weighted by atomic mass is 9.33. The topological polar surface area (TPSA) is 0 Å². The van der Waals surface area contributed by atoms with Crippen LogP contribution < -0.4 is 16.4 Å². The van der Waals surface area contributed by atoms with Crippen molar-refractivity contribution in [1.82, 2.24) is 0 Å². The highest BCUT2D eigenvalue weighted by molar-refractivity contribution is 8.15. The van der Waals surface area contributed by atoms with Crippen molar-refractivity contribution in [3.63, 3.8) is 0 Å². The molecule has 0 saturated carbocycles. The van der Waals surface area contributed by atoms with Crippen LogP contribution in [0.25, 0.3) is 0 Å². The summed E-state index contributed by atoms with van der Waals surface area (Å²) in [6.07, 6.45) is -0.130. The molecule has 210 valence electrons. The van der Waals surface area contributed by atoms with Gasteiger partial charge in [0.1, 0.15) is 23.3 Å². The smallest absolute Gasteiger partial charge is 0.207 e. The molecule has 0 radical (unpaired) electrons. The molecule has 0 saturated heterocycles. The number of benzene rings is 3. The van der Waals surface area contributed by atoms with Gasteiger partial charge in [-0.3, -0.25) is 0 Å². The second kappa shape index (κ2) is 8.98. The quantitative estimate of drug-likeness (QED) is 0.0992. The zero-order chi connectivity index (χ0) is 29.6. The van der Waals surface area contributed by atoms with E-state index in [2.05, 4.69) is 0 Å². The van der Waals surface area contributed by atoms with Crippen LogP contribution in [0.5, 0.6) is 0 Å². The minimum Gasteiger partial charge on any atom is -0.207 e. The van der Waals surface area contributed by atoms with Crippen molar-refractivity contribution in [2.24, 2.45) is 0 Å². The van der Waals surface area contributed by atoms with Crippen molar-refractivity contribution in [1.29, 1.82) is 0 Å². The maximum absolute atomic E-state index is 15.9. The van der Waals surface area contributed by atoms with Gasteiger partial charge < -0.3 is 0 Å². The van der Waals surface area contributed by atoms with Gasteiger partial charge in [0.25, 0.3) is 5.87 Å². The molecule has 0 fully saturated rings. The van der Waals surface area contributed by atoms with Crippen LogP contribution in [0.4, 0.5) is 43.9 Å². The zero-order valence-electron chi connectivity index (χ0n) is 21.8. The number of hydrogen-bond donors (Lipinski definition) is 0. The van der Waals surface area contributed by atoms with Gasteiger partial charge in [0, 0.05) is 16.5 Å². The lowest BCUT2D eigenvalue weighted by Gasteiger charge is -2.61. The number of fused-ring (bicyclic) bond motifs is 1. The maximum atomic E-state index is 15.9. The Kier molecular flexibility index (Phi) is 6.78. The Hall–Kier alpha value is -2.55. The first-order valence-corrected chi connectivity index (χ1v) is 14.0. The van der Waals surface area contributed by atoms with Crippen LogP contribution in [0.15, 0.2) is 24.3 Å². The first kappa shape index (κ1) is 29.4. The van der Waals surface area contributed by atoms with Crippen LogP contribution in [-0.2, 0) is 6.16 Å². The van der Waals surface area contributed by atoms with E-state index in [1.54, 1.807) is 41.5 Å². The standard InChI is InChI=1S/C27H24BF10P/c1-26(2,3)39(27(4,5)6)11-12-9-7-8-10-13(12)28(39,14-16(29)20(33)24(37)21(34)17(14)30)15-18(31)22(35)25(38)23(36)19(15)32/h7-10H,11H2,1-6H3. The van der Waals surface area contributed by atoms with Gasteiger partial charge in [-0.15, -0.1) is 7.14 Å². The first-order chi connectivity index (χ1) is 17.8. The summed E-state index contributed by atoms with van der Waals surface area (Å²) in [5.74, 6) is -28.2. The van der Waals surface area contributed by atoms with Crippen LogP contribution in [-0.4, -0.2) is 16.2 Å². The van der Waals surface area contributed by atoms with E-state index in [9.17, 15) is 26.3 Å². The molecule has 0 aromatic heterocycles. The van der Waals surface area contributed by atoms with E-state index < -0.39 is 92.4 Å². The minimum atomic E-state index is -4.06. The Morgan fingerprint density at radius 1 is 0.513 bits per heavy atom. The predicted octanol–water partition coefficient (Wildman–Crippen LogP) is 7.17. The molecule has 1 aliphatic rings. The van der Waals surface area contributed by atoms with E-state index in [4.69, 9.17) is 0 Å². The molecule has 0 bridgehead atoms. The monoisotopic (exact) mass is 580 g/mol. The second-order valence-electron chi connectivity index (χ2n) is 11.9. The largest absolute Gasteiger partial charge is 0.259 e. The SMILES string of the molecule is CC(C)(C)[P+]1(C(C)(C)C)Cc2ccccc2[B-]1(c1c(F)c(F)c(F)c(F)c1F)c1c(F)c(F)c(F)c(F)c1F. The fourth-order valence-electron chi connectivity index (χ4n) is 7.24. The van der Waals surface area contributed by atoms with Crippen LogP contribution in [0.1, 0.15) is 47.1 Å². The van der Waals surface area contributed by atoms with Gasteiger partial charge in [0.05, 0.1) is 0 Å². The van der Waals surface area contributed by atoms with Crippen molar-refractivity contribution in [2.75, 3.05) is 0 Å². The molecule has 39 heavy (non-hydrogen) atoms. The van der Waals surface area contributed by atoms with Gasteiger partial charge in [0.2, 0.25) is 0 Å². The Balaban J connectivity index is 2.53. The highest BCUT2D eigenvalue weighted by Gasteiger charge is 2.72. The lowest BCUT2D eigenvalue weighted by Crippen LogP contribution is -2.74. The Morgan fingerprint density at radius 3 is 1.15 bits per heavy atom. The molecule has 0 spiro atoms. The Labute approximate surface area is 219 Å². The van der Waals surface area contributed by atoms with Gasteiger partial charge in [0.15, 0.2) is 34.9 Å². The molecule has 4 rings (SSSR count). The van der Waals surface area contributed by atoms with E-state index in [1.165, 1.54) is 24.3 Å². The van der Waals surface area contributed by atoms with E-state index >= 15 is 17.6 Å². The zero-order valence-corrected chi connectivity index (χ0v) is 22.7. The van der Waals surface area contributed by atoms with Crippen LogP contribution >= 0.6 is 7.14 Å². The van der Waals surface area contributed by atoms with Crippen molar-refractivity contribution in [3.05, 3.63) is 88.0 Å². The van der Waals surface area contributed by atoms with E-state index in [0.717, 1.165) is 0 Å². The van der Waals surface area contributed by atoms with Crippen molar-refractivity contribution < 1.29 is 43.9 Å². The fourth-order valence-corrected chi connectivity index (χ4v) is 15.7. The third-order valence-corrected chi connectivity index (χ3v) is 16.0. The van der Waals surface area contributed by atoms with Gasteiger partial charge >= 0.3 is 0 Å². The average Bonchev–Trinajstić information content (AvgIpc) is 3.17. The summed E-state index contributed by atoms with van der Waals surface area (Å²) >= 11 is 0. The van der Waals surface area contributed by atoms with Crippen LogP contribution in [0.2, 0.25) is 0 Å². The lowest BCUT2D eigenvalue weighted by molar-refractivity contribution is 0.382. The molecular formula is C27H24BF10P. The third kappa shape index (κ3) is 3.50. The second-order valence-corrected chi connectivity index (χ2v) is 17.4. The van der Waals surface area contributed by atoms with E-state index in [-0.39, 0.29) is 17.2 Å². The molecular weight excluding hydrogens is 556 g/mol. The van der Waals surface area contributed by atoms with E-state index in [1.807, 2.05) is 0 Å². The average molecular weight is 580 g/mol. The molecule has 0 amide bonds. The van der Waals surface area contributed by atoms with Gasteiger partial charge in [-0.1, -0.05) is 35.2 Å². The summed E-state index contributed by atoms with van der Waals surface area (Å²) in [6, 6.07) is 5.48. The molecule has 0 aliphatic carbocycles. The summed E-state index contributed by atoms with van der Waals surface area (Å²) in [4.78, 5) is 0. The predicted molar refractivity (Wildman–Crippen MR) is 134 cm³/mol. The molecule has 0 unspecified atom stereocenters. The molecule has 0 atom stereocenters. The van der Waals surface area contributed by atoms with Crippen LogP contribution in [0, 0.1) is 58.2 Å². The third-order valence-electron chi connectivity index (χ3n) is 8.30. The Bertz CT molecular complexity index is 1380. The molecule has 12 heteroatoms. The highest BCUT2D eigenvalue weighted by atomic mass is 31.2. The summed E-state index contributed by atoms with van der Waals surface area (Å²) in [6.45, 7) is 9.46. The van der Waals surface area contributed by atoms with Gasteiger partial charge in [-0.05, 0) is 47.1 Å². The summed E-state index contributed by atoms with van der Waals surface area (Å²) in [5.41, 5.74) is -3.15. The first-order valence-electron chi connectivity index (χ1n) is 12.0. The maximum Gasteiger partial charge on any atom is 0.259 e. The number of rotatable bonds is 2. The Morgan fingerprint density at radius 2 is 0.821 bits per heavy atom. The molecule has 0 N–H and O–H groups in total. The van der Waals surface area contributed by atoms with Crippen molar-refractivity contribution >= 4 is 29.4 Å². The van der Waals surface area contributed by atoms with Gasteiger partial charge in [-0.25, -0.2) is 43.9 Å². The summed E-state index contributed by atoms with van der Waals surface area (Å²) in [5, 5.41) is -2.38. The summed E-state index contributed by atoms with van der Waals surface area (Å²) < 4.78 is 152. The summed E-state index contributed by atoms with van der Waals surface area (Å²) in [7, 11) is -3.71. The number of hydrogen-bond acceptors (Lipinski definition) is 0. The van der Waals surface area contributed by atoms with Crippen LogP contribution in [0.3, 0.4) is 0 Å². The minimum absolute atomic E-state index is 0.130. The molecule has 1 aliphatic heterocycles. The molecule has 3 aromatic carbocycles. The molecule has 3 aromatic rings. The molecule has 1 heterocycles. The molecule has 0 nitrogen and oxygen atoms in total. The van der Waals surface area contributed by atoms with Crippen molar-refractivity contribution in [3.8, 4) is 0 Å². The van der Waals surface area contributed by atoms with Crippen molar-refractivity contribution in [2.45, 2.75) is 58.0 Å². The highest BCUT2D eigenvalue weighted by Crippen LogP contribution is 2.84. The van der Waals surface area contributed by atoms with Gasteiger partial charge in [-0.2, -0.15) is 5.46 Å². The number of halogens is 10. The normalized spacial score (nSPS) is 16.5.